The summed E-state index contributed by atoms with van der Waals surface area (Å²) in [6, 6.07) is 4.65. The van der Waals surface area contributed by atoms with Crippen LogP contribution in [0.5, 0.6) is 11.5 Å². The number of likely N-dealkylation sites (tertiary alicyclic amines) is 1. The molecule has 4 aliphatic rings. The minimum Gasteiger partial charge on any atom is -0.493 e. The maximum absolute atomic E-state index is 10.6. The Hall–Kier alpha value is -1.52. The summed E-state index contributed by atoms with van der Waals surface area (Å²) >= 11 is 0. The summed E-state index contributed by atoms with van der Waals surface area (Å²) in [5, 5.41) is 10.6. The molecule has 0 saturated carbocycles. The van der Waals surface area contributed by atoms with Crippen molar-refractivity contribution in [1.29, 1.82) is 0 Å². The third-order valence-electron chi connectivity index (χ3n) is 6.21. The lowest BCUT2D eigenvalue weighted by atomic mass is 9.56. The Morgan fingerprint density at radius 1 is 1.41 bits per heavy atom. The van der Waals surface area contributed by atoms with Gasteiger partial charge in [0.15, 0.2) is 11.5 Å². The Balaban J connectivity index is 1.84. The van der Waals surface area contributed by atoms with E-state index in [1.165, 1.54) is 16.7 Å². The first-order valence-corrected chi connectivity index (χ1v) is 8.12. The summed E-state index contributed by atoms with van der Waals surface area (Å²) in [6.45, 7) is 1.05. The van der Waals surface area contributed by atoms with E-state index in [0.29, 0.717) is 12.5 Å². The summed E-state index contributed by atoms with van der Waals surface area (Å²) in [5.74, 6) is 1.67. The van der Waals surface area contributed by atoms with Gasteiger partial charge in [0.05, 0.1) is 18.6 Å². The Kier molecular flexibility index (Phi) is 2.39. The van der Waals surface area contributed by atoms with Crippen LogP contribution >= 0.6 is 0 Å². The molecule has 1 aromatic carbocycles. The smallest absolute Gasteiger partial charge is 0.166 e. The number of hydrogen-bond donors (Lipinski definition) is 1. The number of aliphatic hydroxyl groups is 1. The van der Waals surface area contributed by atoms with Gasteiger partial charge in [-0.25, -0.2) is 0 Å². The molecule has 4 atom stereocenters. The molecule has 0 aromatic heterocycles. The van der Waals surface area contributed by atoms with E-state index in [4.69, 9.17) is 9.47 Å². The van der Waals surface area contributed by atoms with Gasteiger partial charge in [-0.05, 0) is 50.1 Å². The third kappa shape index (κ3) is 1.28. The van der Waals surface area contributed by atoms with Crippen LogP contribution in [0.25, 0.3) is 0 Å². The van der Waals surface area contributed by atoms with Crippen molar-refractivity contribution in [2.24, 2.45) is 0 Å². The average molecular weight is 299 g/mol. The van der Waals surface area contributed by atoms with E-state index in [2.05, 4.69) is 24.1 Å². The molecule has 2 aliphatic carbocycles. The summed E-state index contributed by atoms with van der Waals surface area (Å²) in [4.78, 5) is 2.46. The maximum atomic E-state index is 10.6. The van der Waals surface area contributed by atoms with Crippen LogP contribution in [0.3, 0.4) is 0 Å². The van der Waals surface area contributed by atoms with Crippen LogP contribution in [0.15, 0.2) is 23.8 Å². The van der Waals surface area contributed by atoms with Gasteiger partial charge in [0.2, 0.25) is 0 Å². The Bertz CT molecular complexity index is 698. The Labute approximate surface area is 130 Å². The molecule has 5 rings (SSSR count). The van der Waals surface area contributed by atoms with E-state index in [0.717, 1.165) is 30.9 Å². The van der Waals surface area contributed by atoms with Gasteiger partial charge in [-0.3, -0.25) is 4.90 Å². The van der Waals surface area contributed by atoms with Gasteiger partial charge < -0.3 is 14.6 Å². The van der Waals surface area contributed by atoms with Gasteiger partial charge in [-0.15, -0.1) is 0 Å². The van der Waals surface area contributed by atoms with Crippen molar-refractivity contribution in [3.05, 3.63) is 34.9 Å². The van der Waals surface area contributed by atoms with Gasteiger partial charge in [-0.1, -0.05) is 12.1 Å². The monoisotopic (exact) mass is 299 g/mol. The molecule has 116 valence electrons. The molecule has 2 heterocycles. The lowest BCUT2D eigenvalue weighted by molar-refractivity contribution is -0.0124. The van der Waals surface area contributed by atoms with Crippen molar-refractivity contribution in [2.45, 2.75) is 42.9 Å². The highest BCUT2D eigenvalue weighted by molar-refractivity contribution is 5.65. The van der Waals surface area contributed by atoms with Crippen molar-refractivity contribution < 1.29 is 14.6 Å². The van der Waals surface area contributed by atoms with E-state index in [1.54, 1.807) is 7.11 Å². The molecular formula is C18H21NO3. The fraction of sp³-hybridized carbons (Fsp3) is 0.556. The minimum atomic E-state index is -0.434. The SMILES string of the molecule is COc1ccc2c3c1O[C@H]1C(O)CC=C4[C@@H](C2)N(C)CC[C@]431. The summed E-state index contributed by atoms with van der Waals surface area (Å²) in [6.07, 6.45) is 4.42. The van der Waals surface area contributed by atoms with Crippen LogP contribution < -0.4 is 9.47 Å². The minimum absolute atomic E-state index is 0.133. The fourth-order valence-electron chi connectivity index (χ4n) is 5.25. The maximum Gasteiger partial charge on any atom is 0.166 e. The van der Waals surface area contributed by atoms with Gasteiger partial charge in [0, 0.05) is 11.6 Å². The summed E-state index contributed by atoms with van der Waals surface area (Å²) in [7, 11) is 3.90. The summed E-state index contributed by atoms with van der Waals surface area (Å²) < 4.78 is 11.8. The van der Waals surface area contributed by atoms with E-state index in [1.807, 2.05) is 6.07 Å². The number of methoxy groups -OCH3 is 1. The first kappa shape index (κ1) is 13.0. The predicted molar refractivity (Wildman–Crippen MR) is 82.5 cm³/mol. The van der Waals surface area contributed by atoms with Gasteiger partial charge in [0.1, 0.15) is 6.10 Å². The van der Waals surface area contributed by atoms with Crippen molar-refractivity contribution >= 4 is 0 Å². The normalized spacial score (nSPS) is 38.1. The van der Waals surface area contributed by atoms with E-state index >= 15 is 0 Å². The standard InChI is InChI=1S/C18H21NO3/c1-19-8-7-18-11-4-5-13(20)17(18)22-16-14(21-2)6-3-10(15(16)18)9-12(11)19/h3-4,6,12-13,17,20H,5,7-9H2,1-2H3/t12-,13?,17+,18+/m1/s1. The molecule has 4 heteroatoms. The second-order valence-corrected chi connectivity index (χ2v) is 7.05. The fourth-order valence-corrected chi connectivity index (χ4v) is 5.25. The van der Waals surface area contributed by atoms with Crippen molar-refractivity contribution in [2.75, 3.05) is 20.7 Å². The van der Waals surface area contributed by atoms with E-state index in [9.17, 15) is 5.11 Å². The molecule has 1 spiro atoms. The van der Waals surface area contributed by atoms with Crippen LogP contribution in [0.2, 0.25) is 0 Å². The molecular weight excluding hydrogens is 278 g/mol. The van der Waals surface area contributed by atoms with Crippen molar-refractivity contribution in [3.8, 4) is 11.5 Å². The van der Waals surface area contributed by atoms with Crippen LogP contribution in [0.1, 0.15) is 24.0 Å². The number of nitrogens with zero attached hydrogens (tertiary/aromatic N) is 1. The summed E-state index contributed by atoms with van der Waals surface area (Å²) in [5.41, 5.74) is 4.00. The number of ether oxygens (including phenoxy) is 2. The second kappa shape index (κ2) is 4.06. The second-order valence-electron chi connectivity index (χ2n) is 7.05. The average Bonchev–Trinajstić information content (AvgIpc) is 2.88. The highest BCUT2D eigenvalue weighted by Crippen LogP contribution is 2.62. The molecule has 1 fully saturated rings. The third-order valence-corrected chi connectivity index (χ3v) is 6.21. The van der Waals surface area contributed by atoms with E-state index < -0.39 is 6.10 Å². The number of piperidine rings is 1. The molecule has 22 heavy (non-hydrogen) atoms. The van der Waals surface area contributed by atoms with Crippen molar-refractivity contribution in [3.63, 3.8) is 0 Å². The topological polar surface area (TPSA) is 41.9 Å². The number of rotatable bonds is 1. The molecule has 0 amide bonds. The molecule has 1 aromatic rings. The Morgan fingerprint density at radius 2 is 2.27 bits per heavy atom. The molecule has 4 nitrogen and oxygen atoms in total. The lowest BCUT2D eigenvalue weighted by Crippen LogP contribution is -2.61. The number of likely N-dealkylation sites (N-methyl/N-ethyl adjacent to an activating group) is 1. The van der Waals surface area contributed by atoms with Gasteiger partial charge >= 0.3 is 0 Å². The van der Waals surface area contributed by atoms with E-state index in [-0.39, 0.29) is 11.5 Å². The van der Waals surface area contributed by atoms with Gasteiger partial charge in [-0.2, -0.15) is 0 Å². The molecule has 2 bridgehead atoms. The first-order chi connectivity index (χ1) is 10.7. The number of hydrogen-bond acceptors (Lipinski definition) is 4. The van der Waals surface area contributed by atoms with Crippen molar-refractivity contribution in [1.82, 2.24) is 4.90 Å². The molecule has 1 N–H and O–H groups in total. The molecule has 1 saturated heterocycles. The zero-order valence-corrected chi connectivity index (χ0v) is 13.0. The number of aliphatic hydroxyl groups excluding tert-OH is 1. The number of benzene rings is 1. The zero-order valence-electron chi connectivity index (χ0n) is 13.0. The molecule has 0 radical (unpaired) electrons. The van der Waals surface area contributed by atoms with Crippen LogP contribution in [0.4, 0.5) is 0 Å². The zero-order chi connectivity index (χ0) is 15.1. The predicted octanol–water partition coefficient (Wildman–Crippen LogP) is 1.65. The lowest BCUT2D eigenvalue weighted by Gasteiger charge is -2.54. The van der Waals surface area contributed by atoms with Crippen LogP contribution in [-0.4, -0.2) is 49.0 Å². The Morgan fingerprint density at radius 3 is 3.09 bits per heavy atom. The quantitative estimate of drug-likeness (QED) is 0.801. The molecule has 1 unspecified atom stereocenters. The first-order valence-electron chi connectivity index (χ1n) is 8.12. The van der Waals surface area contributed by atoms with Crippen LogP contribution in [-0.2, 0) is 11.8 Å². The van der Waals surface area contributed by atoms with Gasteiger partial charge in [0.25, 0.3) is 0 Å². The highest BCUT2D eigenvalue weighted by Gasteiger charge is 2.62. The highest BCUT2D eigenvalue weighted by atomic mass is 16.5. The largest absolute Gasteiger partial charge is 0.493 e. The van der Waals surface area contributed by atoms with Crippen LogP contribution in [0, 0.1) is 0 Å². The molecule has 2 aliphatic heterocycles.